The average Bonchev–Trinajstić information content (AvgIpc) is 2.31. The molecular weight excluding hydrogens is 280 g/mol. The topological polar surface area (TPSA) is 34.1 Å². The van der Waals surface area contributed by atoms with Gasteiger partial charge in [0.1, 0.15) is 5.82 Å². The van der Waals surface area contributed by atoms with Crippen molar-refractivity contribution in [3.63, 3.8) is 0 Å². The van der Waals surface area contributed by atoms with Crippen molar-refractivity contribution in [3.05, 3.63) is 34.9 Å². The lowest BCUT2D eigenvalue weighted by molar-refractivity contribution is 0.190. The first-order chi connectivity index (χ1) is 8.22. The van der Waals surface area contributed by atoms with Crippen LogP contribution in [0.1, 0.15) is 6.92 Å². The fraction of sp³-hybridized carbons (Fsp3) is 0.308. The fourth-order valence-corrected chi connectivity index (χ4v) is 2.31. The number of anilines is 1. The maximum Gasteiger partial charge on any atom is 0.134 e. The number of methoxy groups -OCH3 is 1. The van der Waals surface area contributed by atoms with Crippen LogP contribution in [0.5, 0.6) is 0 Å². The molecule has 0 spiro atoms. The van der Waals surface area contributed by atoms with E-state index in [-0.39, 0.29) is 6.04 Å². The summed E-state index contributed by atoms with van der Waals surface area (Å²) < 4.78 is 6.20. The number of fused-ring (bicyclic) bond motifs is 1. The molecule has 1 unspecified atom stereocenters. The second-order valence-corrected chi connectivity index (χ2v) is 4.85. The smallest absolute Gasteiger partial charge is 0.134 e. The van der Waals surface area contributed by atoms with Crippen molar-refractivity contribution in [2.24, 2.45) is 0 Å². The van der Waals surface area contributed by atoms with E-state index in [1.165, 1.54) is 0 Å². The number of rotatable bonds is 4. The monoisotopic (exact) mass is 294 g/mol. The van der Waals surface area contributed by atoms with E-state index in [0.29, 0.717) is 6.61 Å². The number of nitrogens with one attached hydrogen (secondary N) is 1. The van der Waals surface area contributed by atoms with E-state index in [4.69, 9.17) is 4.74 Å². The van der Waals surface area contributed by atoms with E-state index in [0.717, 1.165) is 21.1 Å². The molecule has 0 radical (unpaired) electrons. The zero-order chi connectivity index (χ0) is 12.3. The molecular formula is C13H15BrN2O. The third kappa shape index (κ3) is 2.76. The number of nitrogens with zero attached hydrogens (tertiary/aromatic N) is 1. The summed E-state index contributed by atoms with van der Waals surface area (Å²) in [7, 11) is 1.70. The molecule has 0 bridgehead atoms. The second kappa shape index (κ2) is 5.47. The van der Waals surface area contributed by atoms with E-state index < -0.39 is 0 Å². The van der Waals surface area contributed by atoms with Crippen molar-refractivity contribution in [3.8, 4) is 0 Å². The maximum absolute atomic E-state index is 5.11. The minimum atomic E-state index is 0.233. The summed E-state index contributed by atoms with van der Waals surface area (Å²) in [6.07, 6.45) is 1.81. The van der Waals surface area contributed by atoms with E-state index in [9.17, 15) is 0 Å². The molecule has 4 heteroatoms. The quantitative estimate of drug-likeness (QED) is 0.938. The summed E-state index contributed by atoms with van der Waals surface area (Å²) in [5.41, 5.74) is 0. The van der Waals surface area contributed by atoms with E-state index >= 15 is 0 Å². The number of halogens is 1. The van der Waals surface area contributed by atoms with Gasteiger partial charge in [0.25, 0.3) is 0 Å². The molecule has 0 saturated carbocycles. The molecule has 17 heavy (non-hydrogen) atoms. The number of hydrogen-bond donors (Lipinski definition) is 1. The molecule has 0 saturated heterocycles. The lowest BCUT2D eigenvalue weighted by Gasteiger charge is -2.15. The summed E-state index contributed by atoms with van der Waals surface area (Å²) >= 11 is 3.55. The highest BCUT2D eigenvalue weighted by Crippen LogP contribution is 2.27. The van der Waals surface area contributed by atoms with Gasteiger partial charge in [0.15, 0.2) is 0 Å². The standard InChI is InChI=1S/C13H15BrN2O/c1-9(8-17-2)16-13-11-4-3-5-12(14)10(11)6-7-15-13/h3-7,9H,8H2,1-2H3,(H,15,16). The van der Waals surface area contributed by atoms with Gasteiger partial charge in [-0.25, -0.2) is 4.98 Å². The van der Waals surface area contributed by atoms with Gasteiger partial charge in [-0.15, -0.1) is 0 Å². The van der Waals surface area contributed by atoms with Crippen LogP contribution in [0.2, 0.25) is 0 Å². The van der Waals surface area contributed by atoms with Gasteiger partial charge in [0, 0.05) is 34.6 Å². The van der Waals surface area contributed by atoms with Crippen LogP contribution in [-0.4, -0.2) is 24.7 Å². The third-order valence-electron chi connectivity index (χ3n) is 2.55. The molecule has 2 rings (SSSR count). The first-order valence-corrected chi connectivity index (χ1v) is 6.30. The van der Waals surface area contributed by atoms with Crippen LogP contribution in [0.15, 0.2) is 34.9 Å². The number of hydrogen-bond acceptors (Lipinski definition) is 3. The van der Waals surface area contributed by atoms with Gasteiger partial charge in [-0.2, -0.15) is 0 Å². The molecule has 1 N–H and O–H groups in total. The highest BCUT2D eigenvalue weighted by Gasteiger charge is 2.07. The minimum Gasteiger partial charge on any atom is -0.383 e. The molecule has 90 valence electrons. The Morgan fingerprint density at radius 3 is 2.94 bits per heavy atom. The first kappa shape index (κ1) is 12.3. The van der Waals surface area contributed by atoms with Crippen LogP contribution >= 0.6 is 15.9 Å². The summed E-state index contributed by atoms with van der Waals surface area (Å²) in [6, 6.07) is 8.35. The van der Waals surface area contributed by atoms with Crippen LogP contribution in [0, 0.1) is 0 Å². The number of pyridine rings is 1. The van der Waals surface area contributed by atoms with E-state index in [1.54, 1.807) is 7.11 Å². The molecule has 3 nitrogen and oxygen atoms in total. The molecule has 0 aliphatic rings. The Balaban J connectivity index is 2.37. The predicted molar refractivity (Wildman–Crippen MR) is 74.4 cm³/mol. The maximum atomic E-state index is 5.11. The fourth-order valence-electron chi connectivity index (χ4n) is 1.81. The van der Waals surface area contributed by atoms with Gasteiger partial charge in [-0.05, 0) is 19.1 Å². The van der Waals surface area contributed by atoms with Crippen LogP contribution in [-0.2, 0) is 4.74 Å². The molecule has 1 atom stereocenters. The lowest BCUT2D eigenvalue weighted by Crippen LogP contribution is -2.21. The Bertz CT molecular complexity index is 516. The molecule has 0 aliphatic heterocycles. The second-order valence-electron chi connectivity index (χ2n) is 4.00. The molecule has 1 heterocycles. The summed E-state index contributed by atoms with van der Waals surface area (Å²) in [6.45, 7) is 2.73. The van der Waals surface area contributed by atoms with Gasteiger partial charge < -0.3 is 10.1 Å². The van der Waals surface area contributed by atoms with Crippen molar-refractivity contribution in [1.29, 1.82) is 0 Å². The van der Waals surface area contributed by atoms with E-state index in [1.807, 2.05) is 24.4 Å². The van der Waals surface area contributed by atoms with Gasteiger partial charge >= 0.3 is 0 Å². The van der Waals surface area contributed by atoms with E-state index in [2.05, 4.69) is 39.2 Å². The van der Waals surface area contributed by atoms with Crippen LogP contribution in [0.3, 0.4) is 0 Å². The molecule has 2 aromatic rings. The Labute approximate surface area is 109 Å². The summed E-state index contributed by atoms with van der Waals surface area (Å²) in [4.78, 5) is 4.38. The molecule has 0 amide bonds. The van der Waals surface area contributed by atoms with Crippen molar-refractivity contribution in [2.45, 2.75) is 13.0 Å². The average molecular weight is 295 g/mol. The molecule has 1 aromatic carbocycles. The Kier molecular flexibility index (Phi) is 3.97. The van der Waals surface area contributed by atoms with Gasteiger partial charge in [0.2, 0.25) is 0 Å². The van der Waals surface area contributed by atoms with Gasteiger partial charge in [-0.3, -0.25) is 0 Å². The predicted octanol–water partition coefficient (Wildman–Crippen LogP) is 3.44. The first-order valence-electron chi connectivity index (χ1n) is 5.51. The summed E-state index contributed by atoms with van der Waals surface area (Å²) in [5.74, 6) is 0.897. The third-order valence-corrected chi connectivity index (χ3v) is 3.24. The summed E-state index contributed by atoms with van der Waals surface area (Å²) in [5, 5.41) is 5.63. The largest absolute Gasteiger partial charge is 0.383 e. The van der Waals surface area contributed by atoms with Crippen LogP contribution in [0.25, 0.3) is 10.8 Å². The van der Waals surface area contributed by atoms with Gasteiger partial charge in [-0.1, -0.05) is 28.1 Å². The Hall–Kier alpha value is -1.13. The van der Waals surface area contributed by atoms with Gasteiger partial charge in [0.05, 0.1) is 6.61 Å². The van der Waals surface area contributed by atoms with Crippen molar-refractivity contribution >= 4 is 32.5 Å². The Morgan fingerprint density at radius 2 is 2.18 bits per heavy atom. The number of benzene rings is 1. The lowest BCUT2D eigenvalue weighted by atomic mass is 10.1. The normalized spacial score (nSPS) is 12.6. The van der Waals surface area contributed by atoms with Crippen molar-refractivity contribution < 1.29 is 4.74 Å². The zero-order valence-electron chi connectivity index (χ0n) is 9.90. The van der Waals surface area contributed by atoms with Crippen LogP contribution in [0.4, 0.5) is 5.82 Å². The zero-order valence-corrected chi connectivity index (χ0v) is 11.5. The highest BCUT2D eigenvalue weighted by atomic mass is 79.9. The Morgan fingerprint density at radius 1 is 1.35 bits per heavy atom. The van der Waals surface area contributed by atoms with Crippen molar-refractivity contribution in [2.75, 3.05) is 19.0 Å². The highest BCUT2D eigenvalue weighted by molar-refractivity contribution is 9.10. The minimum absolute atomic E-state index is 0.233. The van der Waals surface area contributed by atoms with Crippen LogP contribution < -0.4 is 5.32 Å². The number of aromatic nitrogens is 1. The number of ether oxygens (including phenoxy) is 1. The van der Waals surface area contributed by atoms with Crippen molar-refractivity contribution in [1.82, 2.24) is 4.98 Å². The molecule has 0 fully saturated rings. The SMILES string of the molecule is COCC(C)Nc1nccc2c(Br)cccc12. The molecule has 1 aromatic heterocycles. The molecule has 0 aliphatic carbocycles.